The molecule has 0 radical (unpaired) electrons. The monoisotopic (exact) mass is 283 g/mol. The molecule has 1 N–H and O–H groups in total. The molecule has 0 bridgehead atoms. The third kappa shape index (κ3) is 3.78. The van der Waals surface area contributed by atoms with E-state index in [2.05, 4.69) is 4.90 Å². The standard InChI is InChI=1S/C13H17NO4S/c15-13(16)12-4-2-1-3-11(12)5-6-14-7-9-19(17,18)10-8-14/h1-4H,5-10H2,(H,15,16). The van der Waals surface area contributed by atoms with Gasteiger partial charge in [0.25, 0.3) is 0 Å². The number of carboxylic acid groups (broad SMARTS) is 1. The molecule has 19 heavy (non-hydrogen) atoms. The summed E-state index contributed by atoms with van der Waals surface area (Å²) in [5, 5.41) is 9.08. The Kier molecular flexibility index (Phi) is 4.21. The molecular weight excluding hydrogens is 266 g/mol. The molecule has 0 aliphatic carbocycles. The van der Waals surface area contributed by atoms with Crippen molar-refractivity contribution in [3.05, 3.63) is 35.4 Å². The van der Waals surface area contributed by atoms with E-state index in [0.717, 1.165) is 5.56 Å². The normalized spacial score (nSPS) is 19.2. The third-order valence-electron chi connectivity index (χ3n) is 3.38. The van der Waals surface area contributed by atoms with Crippen LogP contribution in [0.5, 0.6) is 0 Å². The second kappa shape index (κ2) is 5.71. The van der Waals surface area contributed by atoms with Crippen LogP contribution in [-0.4, -0.2) is 55.5 Å². The summed E-state index contributed by atoms with van der Waals surface area (Å²) >= 11 is 0. The lowest BCUT2D eigenvalue weighted by molar-refractivity contribution is 0.0695. The fourth-order valence-electron chi connectivity index (χ4n) is 2.20. The minimum Gasteiger partial charge on any atom is -0.478 e. The van der Waals surface area contributed by atoms with Gasteiger partial charge in [0.2, 0.25) is 0 Å². The first-order chi connectivity index (χ1) is 8.98. The number of sulfone groups is 1. The number of nitrogens with zero attached hydrogens (tertiary/aromatic N) is 1. The van der Waals surface area contributed by atoms with Crippen molar-refractivity contribution < 1.29 is 18.3 Å². The Morgan fingerprint density at radius 2 is 1.84 bits per heavy atom. The van der Waals surface area contributed by atoms with Crippen molar-refractivity contribution in [2.45, 2.75) is 6.42 Å². The van der Waals surface area contributed by atoms with Gasteiger partial charge >= 0.3 is 5.97 Å². The van der Waals surface area contributed by atoms with Crippen molar-refractivity contribution in [1.29, 1.82) is 0 Å². The molecular formula is C13H17NO4S. The SMILES string of the molecule is O=C(O)c1ccccc1CCN1CCS(=O)(=O)CC1. The zero-order valence-electron chi connectivity index (χ0n) is 10.6. The number of rotatable bonds is 4. The summed E-state index contributed by atoms with van der Waals surface area (Å²) in [6.07, 6.45) is 0.628. The number of carbonyl (C=O) groups is 1. The second-order valence-corrected chi connectivity index (χ2v) is 7.01. The van der Waals surface area contributed by atoms with Crippen molar-refractivity contribution in [3.63, 3.8) is 0 Å². The first-order valence-corrected chi connectivity index (χ1v) is 8.04. The van der Waals surface area contributed by atoms with Crippen LogP contribution < -0.4 is 0 Å². The smallest absolute Gasteiger partial charge is 0.335 e. The van der Waals surface area contributed by atoms with Gasteiger partial charge in [0.05, 0.1) is 17.1 Å². The Balaban J connectivity index is 1.95. The van der Waals surface area contributed by atoms with Gasteiger partial charge in [0, 0.05) is 19.6 Å². The zero-order chi connectivity index (χ0) is 13.9. The molecule has 1 fully saturated rings. The van der Waals surface area contributed by atoms with Crippen molar-refractivity contribution in [3.8, 4) is 0 Å². The summed E-state index contributed by atoms with van der Waals surface area (Å²) < 4.78 is 22.6. The summed E-state index contributed by atoms with van der Waals surface area (Å²) in [7, 11) is -2.86. The average Bonchev–Trinajstić information content (AvgIpc) is 2.38. The van der Waals surface area contributed by atoms with E-state index in [1.807, 2.05) is 12.1 Å². The van der Waals surface area contributed by atoms with E-state index in [-0.39, 0.29) is 11.5 Å². The minimum absolute atomic E-state index is 0.202. The van der Waals surface area contributed by atoms with E-state index in [9.17, 15) is 13.2 Å². The van der Waals surface area contributed by atoms with Crippen LogP contribution in [0.25, 0.3) is 0 Å². The van der Waals surface area contributed by atoms with Gasteiger partial charge in [-0.05, 0) is 18.1 Å². The van der Waals surface area contributed by atoms with Crippen LogP contribution >= 0.6 is 0 Å². The van der Waals surface area contributed by atoms with Crippen LogP contribution in [0.4, 0.5) is 0 Å². The summed E-state index contributed by atoms with van der Waals surface area (Å²) in [5.41, 5.74) is 1.12. The second-order valence-electron chi connectivity index (χ2n) is 4.71. The molecule has 5 nitrogen and oxygen atoms in total. The van der Waals surface area contributed by atoms with Gasteiger partial charge in [0.15, 0.2) is 9.84 Å². The highest BCUT2D eigenvalue weighted by molar-refractivity contribution is 7.91. The highest BCUT2D eigenvalue weighted by atomic mass is 32.2. The topological polar surface area (TPSA) is 74.7 Å². The fraction of sp³-hybridized carbons (Fsp3) is 0.462. The largest absolute Gasteiger partial charge is 0.478 e. The summed E-state index contributed by atoms with van der Waals surface area (Å²) in [6, 6.07) is 6.94. The summed E-state index contributed by atoms with van der Waals surface area (Å²) in [4.78, 5) is 13.1. The lowest BCUT2D eigenvalue weighted by Crippen LogP contribution is -2.41. The molecule has 0 saturated carbocycles. The molecule has 1 aromatic carbocycles. The van der Waals surface area contributed by atoms with Crippen molar-refractivity contribution in [1.82, 2.24) is 4.90 Å². The molecule has 0 unspecified atom stereocenters. The van der Waals surface area contributed by atoms with Crippen LogP contribution in [-0.2, 0) is 16.3 Å². The molecule has 104 valence electrons. The molecule has 1 aliphatic rings. The summed E-state index contributed by atoms with van der Waals surface area (Å²) in [6.45, 7) is 1.77. The van der Waals surface area contributed by atoms with E-state index in [1.165, 1.54) is 0 Å². The Morgan fingerprint density at radius 3 is 2.47 bits per heavy atom. The van der Waals surface area contributed by atoms with E-state index in [0.29, 0.717) is 31.6 Å². The lowest BCUT2D eigenvalue weighted by atomic mass is 10.0. The quantitative estimate of drug-likeness (QED) is 0.878. The number of aromatic carboxylic acids is 1. The maximum atomic E-state index is 11.3. The maximum absolute atomic E-state index is 11.3. The van der Waals surface area contributed by atoms with Gasteiger partial charge in [-0.3, -0.25) is 0 Å². The predicted molar refractivity (Wildman–Crippen MR) is 72.2 cm³/mol. The van der Waals surface area contributed by atoms with Gasteiger partial charge in [-0.15, -0.1) is 0 Å². The molecule has 0 amide bonds. The Morgan fingerprint density at radius 1 is 1.21 bits per heavy atom. The van der Waals surface area contributed by atoms with E-state index >= 15 is 0 Å². The van der Waals surface area contributed by atoms with Gasteiger partial charge in [-0.25, -0.2) is 13.2 Å². The number of hydrogen-bond donors (Lipinski definition) is 1. The van der Waals surface area contributed by atoms with Crippen LogP contribution in [0.2, 0.25) is 0 Å². The van der Waals surface area contributed by atoms with Crippen LogP contribution in [0.15, 0.2) is 24.3 Å². The van der Waals surface area contributed by atoms with E-state index in [4.69, 9.17) is 5.11 Å². The van der Waals surface area contributed by atoms with Crippen molar-refractivity contribution in [2.24, 2.45) is 0 Å². The van der Waals surface area contributed by atoms with Crippen LogP contribution in [0.3, 0.4) is 0 Å². The van der Waals surface area contributed by atoms with Crippen molar-refractivity contribution in [2.75, 3.05) is 31.1 Å². The predicted octanol–water partition coefficient (Wildman–Crippen LogP) is 0.658. The number of carboxylic acids is 1. The molecule has 6 heteroatoms. The highest BCUT2D eigenvalue weighted by Crippen LogP contribution is 2.11. The Bertz CT molecular complexity index is 554. The Hall–Kier alpha value is -1.40. The molecule has 0 spiro atoms. The molecule has 1 aliphatic heterocycles. The third-order valence-corrected chi connectivity index (χ3v) is 4.99. The Labute approximate surface area is 112 Å². The molecule has 1 aromatic rings. The average molecular weight is 283 g/mol. The minimum atomic E-state index is -2.86. The molecule has 0 aromatic heterocycles. The first-order valence-electron chi connectivity index (χ1n) is 6.22. The van der Waals surface area contributed by atoms with Crippen molar-refractivity contribution >= 4 is 15.8 Å². The van der Waals surface area contributed by atoms with Crippen LogP contribution in [0.1, 0.15) is 15.9 Å². The van der Waals surface area contributed by atoms with Gasteiger partial charge in [-0.2, -0.15) is 0 Å². The summed E-state index contributed by atoms with van der Waals surface area (Å²) in [5.74, 6) is -0.516. The maximum Gasteiger partial charge on any atom is 0.335 e. The molecule has 1 heterocycles. The zero-order valence-corrected chi connectivity index (χ0v) is 11.4. The van der Waals surface area contributed by atoms with E-state index in [1.54, 1.807) is 12.1 Å². The lowest BCUT2D eigenvalue weighted by Gasteiger charge is -2.26. The van der Waals surface area contributed by atoms with Gasteiger partial charge < -0.3 is 10.0 Å². The molecule has 1 saturated heterocycles. The van der Waals surface area contributed by atoms with Gasteiger partial charge in [0.1, 0.15) is 0 Å². The highest BCUT2D eigenvalue weighted by Gasteiger charge is 2.21. The number of hydrogen-bond acceptors (Lipinski definition) is 4. The molecule has 0 atom stereocenters. The number of benzene rings is 1. The first kappa shape index (κ1) is 14.0. The van der Waals surface area contributed by atoms with E-state index < -0.39 is 15.8 Å². The van der Waals surface area contributed by atoms with Gasteiger partial charge in [-0.1, -0.05) is 18.2 Å². The molecule has 2 rings (SSSR count). The van der Waals surface area contributed by atoms with Crippen LogP contribution in [0, 0.1) is 0 Å². The fourth-order valence-corrected chi connectivity index (χ4v) is 3.48.